The predicted octanol–water partition coefficient (Wildman–Crippen LogP) is 3.47. The molecule has 1 aromatic carbocycles. The molecular formula is C25H29F2N5O3. The van der Waals surface area contributed by atoms with Crippen molar-refractivity contribution in [1.82, 2.24) is 14.5 Å². The van der Waals surface area contributed by atoms with Gasteiger partial charge in [0.15, 0.2) is 0 Å². The van der Waals surface area contributed by atoms with Crippen LogP contribution in [0.3, 0.4) is 0 Å². The Morgan fingerprint density at radius 3 is 2.51 bits per heavy atom. The molecule has 1 saturated heterocycles. The number of pyridine rings is 1. The average Bonchev–Trinajstić information content (AvgIpc) is 2.84. The van der Waals surface area contributed by atoms with E-state index in [0.29, 0.717) is 49.9 Å². The summed E-state index contributed by atoms with van der Waals surface area (Å²) in [6.07, 6.45) is 3.43. The zero-order valence-electron chi connectivity index (χ0n) is 19.4. The SMILES string of the molecule is O=c1c2cc(N3CCOCC3)ccc2c2cnc(NC3CC(F)(F)C3)nc2n1C1CCC(O)CC1. The summed E-state index contributed by atoms with van der Waals surface area (Å²) in [4.78, 5) is 25.2. The fourth-order valence-corrected chi connectivity index (χ4v) is 5.61. The van der Waals surface area contributed by atoms with Crippen molar-refractivity contribution in [3.8, 4) is 0 Å². The standard InChI is InChI=1S/C25H29F2N5O3/c26-25(27)12-15(13-25)29-24-28-14-21-19-6-3-17(31-7-9-35-10-8-31)11-20(19)23(34)32(22(21)30-24)16-1-4-18(33)5-2-16/h3,6,11,14-16,18,33H,1-2,4-5,7-10,12-13H2,(H,28,29,30). The second-order valence-electron chi connectivity index (χ2n) is 10.0. The lowest BCUT2D eigenvalue weighted by atomic mass is 9.88. The molecule has 3 aromatic rings. The molecule has 3 fully saturated rings. The molecule has 3 heterocycles. The summed E-state index contributed by atoms with van der Waals surface area (Å²) in [6, 6.07) is 5.42. The highest BCUT2D eigenvalue weighted by Crippen LogP contribution is 2.39. The summed E-state index contributed by atoms with van der Waals surface area (Å²) in [6.45, 7) is 2.85. The molecule has 8 nitrogen and oxygen atoms in total. The van der Waals surface area contributed by atoms with Crippen LogP contribution in [0.5, 0.6) is 0 Å². The van der Waals surface area contributed by atoms with E-state index in [1.807, 2.05) is 18.2 Å². The van der Waals surface area contributed by atoms with E-state index in [1.54, 1.807) is 10.8 Å². The number of morpholine rings is 1. The molecule has 2 aromatic heterocycles. The number of anilines is 2. The van der Waals surface area contributed by atoms with Crippen LogP contribution in [0.15, 0.2) is 29.2 Å². The van der Waals surface area contributed by atoms with Crippen molar-refractivity contribution in [3.05, 3.63) is 34.7 Å². The number of nitrogens with one attached hydrogen (secondary N) is 1. The number of hydrogen-bond donors (Lipinski definition) is 2. The number of aliphatic hydroxyl groups excluding tert-OH is 1. The van der Waals surface area contributed by atoms with E-state index in [1.165, 1.54) is 0 Å². The molecule has 3 aliphatic rings. The molecule has 0 unspecified atom stereocenters. The van der Waals surface area contributed by atoms with Gasteiger partial charge in [-0.15, -0.1) is 0 Å². The third-order valence-electron chi connectivity index (χ3n) is 7.57. The largest absolute Gasteiger partial charge is 0.393 e. The van der Waals surface area contributed by atoms with Gasteiger partial charge in [0.1, 0.15) is 5.65 Å². The molecule has 35 heavy (non-hydrogen) atoms. The van der Waals surface area contributed by atoms with E-state index >= 15 is 0 Å². The molecule has 0 atom stereocenters. The van der Waals surface area contributed by atoms with Crippen LogP contribution in [0.2, 0.25) is 0 Å². The van der Waals surface area contributed by atoms with Crippen LogP contribution in [0.1, 0.15) is 44.6 Å². The van der Waals surface area contributed by atoms with Gasteiger partial charge in [-0.3, -0.25) is 9.36 Å². The third-order valence-corrected chi connectivity index (χ3v) is 7.57. The quantitative estimate of drug-likeness (QED) is 0.547. The molecule has 1 aliphatic heterocycles. The first-order valence-electron chi connectivity index (χ1n) is 12.4. The summed E-state index contributed by atoms with van der Waals surface area (Å²) < 4.78 is 33.9. The molecule has 2 saturated carbocycles. The van der Waals surface area contributed by atoms with Crippen LogP contribution in [-0.2, 0) is 4.74 Å². The minimum atomic E-state index is -2.64. The van der Waals surface area contributed by atoms with Gasteiger partial charge in [-0.1, -0.05) is 6.07 Å². The lowest BCUT2D eigenvalue weighted by Gasteiger charge is -2.35. The number of aliphatic hydroxyl groups is 1. The Hall–Kier alpha value is -2.85. The number of alkyl halides is 2. The van der Waals surface area contributed by atoms with Crippen LogP contribution >= 0.6 is 0 Å². The molecule has 6 rings (SSSR count). The number of aromatic nitrogens is 3. The van der Waals surface area contributed by atoms with Gasteiger partial charge in [0.2, 0.25) is 5.95 Å². The number of fused-ring (bicyclic) bond motifs is 3. The second kappa shape index (κ2) is 8.67. The van der Waals surface area contributed by atoms with Crippen LogP contribution in [0, 0.1) is 0 Å². The van der Waals surface area contributed by atoms with E-state index < -0.39 is 5.92 Å². The highest BCUT2D eigenvalue weighted by molar-refractivity contribution is 6.05. The van der Waals surface area contributed by atoms with Gasteiger partial charge in [-0.05, 0) is 43.2 Å². The highest BCUT2D eigenvalue weighted by Gasteiger charge is 2.45. The molecule has 186 valence electrons. The Morgan fingerprint density at radius 2 is 1.80 bits per heavy atom. The minimum Gasteiger partial charge on any atom is -0.393 e. The van der Waals surface area contributed by atoms with Crippen LogP contribution in [-0.4, -0.2) is 64.0 Å². The number of ether oxygens (including phenoxy) is 1. The Morgan fingerprint density at radius 1 is 1.06 bits per heavy atom. The summed E-state index contributed by atoms with van der Waals surface area (Å²) in [5, 5.41) is 15.2. The fourth-order valence-electron chi connectivity index (χ4n) is 5.61. The predicted molar refractivity (Wildman–Crippen MR) is 129 cm³/mol. The Bertz CT molecular complexity index is 1310. The van der Waals surface area contributed by atoms with Crippen molar-refractivity contribution in [1.29, 1.82) is 0 Å². The minimum absolute atomic E-state index is 0.0966. The van der Waals surface area contributed by atoms with E-state index in [0.717, 1.165) is 29.5 Å². The topological polar surface area (TPSA) is 92.5 Å². The summed E-state index contributed by atoms with van der Waals surface area (Å²) in [5.41, 5.74) is 1.36. The van der Waals surface area contributed by atoms with Gasteiger partial charge in [0.05, 0.1) is 24.7 Å². The van der Waals surface area contributed by atoms with Crippen molar-refractivity contribution < 1.29 is 18.6 Å². The van der Waals surface area contributed by atoms with Gasteiger partial charge in [-0.25, -0.2) is 13.8 Å². The lowest BCUT2D eigenvalue weighted by molar-refractivity contribution is -0.0794. The van der Waals surface area contributed by atoms with Crippen LogP contribution < -0.4 is 15.8 Å². The molecule has 2 N–H and O–H groups in total. The van der Waals surface area contributed by atoms with E-state index in [9.17, 15) is 18.7 Å². The second-order valence-corrected chi connectivity index (χ2v) is 10.0. The first-order valence-corrected chi connectivity index (χ1v) is 12.4. The zero-order chi connectivity index (χ0) is 24.2. The molecule has 0 amide bonds. The molecule has 0 bridgehead atoms. The van der Waals surface area contributed by atoms with E-state index in [-0.39, 0.29) is 42.5 Å². The van der Waals surface area contributed by atoms with Crippen molar-refractivity contribution in [2.45, 2.75) is 62.6 Å². The number of hydrogen-bond acceptors (Lipinski definition) is 7. The maximum absolute atomic E-state index is 13.9. The maximum Gasteiger partial charge on any atom is 0.260 e. The van der Waals surface area contributed by atoms with Crippen molar-refractivity contribution in [3.63, 3.8) is 0 Å². The third kappa shape index (κ3) is 4.23. The highest BCUT2D eigenvalue weighted by atomic mass is 19.3. The molecule has 10 heteroatoms. The number of benzene rings is 1. The normalized spacial score (nSPS) is 25.1. The first-order chi connectivity index (χ1) is 16.9. The van der Waals surface area contributed by atoms with Crippen molar-refractivity contribution >= 4 is 33.4 Å². The van der Waals surface area contributed by atoms with Gasteiger partial charge in [0.25, 0.3) is 11.5 Å². The van der Waals surface area contributed by atoms with Gasteiger partial charge in [-0.2, -0.15) is 4.98 Å². The first kappa shape index (κ1) is 22.6. The van der Waals surface area contributed by atoms with Crippen molar-refractivity contribution in [2.75, 3.05) is 36.5 Å². The number of rotatable bonds is 4. The van der Waals surface area contributed by atoms with Crippen LogP contribution in [0.4, 0.5) is 20.4 Å². The smallest absolute Gasteiger partial charge is 0.260 e. The fraction of sp³-hybridized carbons (Fsp3) is 0.560. The summed E-state index contributed by atoms with van der Waals surface area (Å²) in [5.74, 6) is -2.39. The monoisotopic (exact) mass is 485 g/mol. The average molecular weight is 486 g/mol. The number of halogens is 2. The Labute approximate surface area is 200 Å². The van der Waals surface area contributed by atoms with Gasteiger partial charge < -0.3 is 20.1 Å². The maximum atomic E-state index is 13.9. The van der Waals surface area contributed by atoms with Gasteiger partial charge >= 0.3 is 0 Å². The number of nitrogens with zero attached hydrogens (tertiary/aromatic N) is 4. The molecule has 0 spiro atoms. The van der Waals surface area contributed by atoms with Gasteiger partial charge in [0, 0.05) is 55.3 Å². The Kier molecular flexibility index (Phi) is 5.60. The summed E-state index contributed by atoms with van der Waals surface area (Å²) in [7, 11) is 0. The summed E-state index contributed by atoms with van der Waals surface area (Å²) >= 11 is 0. The molecular weight excluding hydrogens is 456 g/mol. The molecule has 2 aliphatic carbocycles. The lowest BCUT2D eigenvalue weighted by Crippen LogP contribution is -2.44. The van der Waals surface area contributed by atoms with Crippen LogP contribution in [0.25, 0.3) is 21.8 Å². The van der Waals surface area contributed by atoms with E-state index in [4.69, 9.17) is 4.74 Å². The Balaban J connectivity index is 1.47. The van der Waals surface area contributed by atoms with E-state index in [2.05, 4.69) is 20.2 Å². The molecule has 0 radical (unpaired) electrons. The zero-order valence-corrected chi connectivity index (χ0v) is 19.4. The van der Waals surface area contributed by atoms with Crippen molar-refractivity contribution in [2.24, 2.45) is 0 Å².